The minimum atomic E-state index is -0.874. The van der Waals surface area contributed by atoms with E-state index in [0.29, 0.717) is 32.8 Å². The second kappa shape index (κ2) is 11.0. The van der Waals surface area contributed by atoms with Gasteiger partial charge in [0.1, 0.15) is 0 Å². The van der Waals surface area contributed by atoms with Gasteiger partial charge in [-0.25, -0.2) is 4.79 Å². The summed E-state index contributed by atoms with van der Waals surface area (Å²) in [4.78, 5) is 28.9. The molecule has 2 amide bonds. The Hall–Kier alpha value is -2.16. The number of carboxylic acid groups (broad SMARTS) is 1. The van der Waals surface area contributed by atoms with Crippen molar-refractivity contribution in [1.29, 1.82) is 0 Å². The van der Waals surface area contributed by atoms with E-state index in [2.05, 4.69) is 29.3 Å². The van der Waals surface area contributed by atoms with Gasteiger partial charge in [0, 0.05) is 38.8 Å². The monoisotopic (exact) mass is 392 g/mol. The molecule has 2 unspecified atom stereocenters. The van der Waals surface area contributed by atoms with Crippen LogP contribution < -0.4 is 5.32 Å². The van der Waals surface area contributed by atoms with E-state index in [1.54, 1.807) is 16.8 Å². The smallest absolute Gasteiger partial charge is 0.317 e. The number of carboxylic acids is 1. The van der Waals surface area contributed by atoms with Crippen LogP contribution in [0.1, 0.15) is 12.5 Å². The van der Waals surface area contributed by atoms with Gasteiger partial charge in [0.2, 0.25) is 0 Å². The number of nitrogens with zero attached hydrogens (tertiary/aromatic N) is 3. The summed E-state index contributed by atoms with van der Waals surface area (Å²) in [7, 11) is 3.79. The number of hydrogen-bond acceptors (Lipinski definition) is 5. The fraction of sp³-hybridized carbons (Fsp3) is 0.600. The molecule has 2 rings (SSSR count). The van der Waals surface area contributed by atoms with Crippen LogP contribution in [0.3, 0.4) is 0 Å². The third kappa shape index (κ3) is 7.46. The van der Waals surface area contributed by atoms with Crippen LogP contribution in [-0.2, 0) is 16.1 Å². The molecule has 1 aromatic rings. The predicted octanol–water partition coefficient (Wildman–Crippen LogP) is 0.934. The van der Waals surface area contributed by atoms with Crippen molar-refractivity contribution in [3.63, 3.8) is 0 Å². The molecule has 1 aromatic carbocycles. The molecule has 1 fully saturated rings. The average molecular weight is 393 g/mol. The summed E-state index contributed by atoms with van der Waals surface area (Å²) in [5.74, 6) is -0.874. The highest BCUT2D eigenvalue weighted by atomic mass is 16.5. The van der Waals surface area contributed by atoms with Crippen LogP contribution in [0.25, 0.3) is 0 Å². The number of morpholine rings is 1. The first kappa shape index (κ1) is 22.1. The molecule has 0 bridgehead atoms. The summed E-state index contributed by atoms with van der Waals surface area (Å²) in [6.07, 6.45) is -0.179. The fourth-order valence-corrected chi connectivity index (χ4v) is 3.19. The van der Waals surface area contributed by atoms with E-state index in [1.165, 1.54) is 5.56 Å². The number of benzene rings is 1. The minimum absolute atomic E-state index is 0.0443. The number of aliphatic carboxylic acids is 1. The van der Waals surface area contributed by atoms with Crippen LogP contribution in [0, 0.1) is 0 Å². The highest BCUT2D eigenvalue weighted by Gasteiger charge is 2.26. The lowest BCUT2D eigenvalue weighted by molar-refractivity contribution is -0.138. The molecule has 0 spiro atoms. The van der Waals surface area contributed by atoms with Crippen molar-refractivity contribution >= 4 is 12.0 Å². The number of carbonyl (C=O) groups excluding carboxylic acids is 1. The second-order valence-electron chi connectivity index (χ2n) is 7.47. The van der Waals surface area contributed by atoms with Gasteiger partial charge in [-0.15, -0.1) is 0 Å². The maximum atomic E-state index is 12.5. The molecule has 0 saturated carbocycles. The summed E-state index contributed by atoms with van der Waals surface area (Å²) >= 11 is 0. The first-order valence-corrected chi connectivity index (χ1v) is 9.64. The lowest BCUT2D eigenvalue weighted by Crippen LogP contribution is -2.53. The van der Waals surface area contributed by atoms with Crippen molar-refractivity contribution in [2.75, 3.05) is 53.4 Å². The molecule has 1 saturated heterocycles. The topological polar surface area (TPSA) is 85.4 Å². The van der Waals surface area contributed by atoms with E-state index in [-0.39, 0.29) is 24.7 Å². The quantitative estimate of drug-likeness (QED) is 0.650. The molecular weight excluding hydrogens is 360 g/mol. The number of rotatable bonds is 9. The van der Waals surface area contributed by atoms with Crippen LogP contribution in [0.2, 0.25) is 0 Å². The molecule has 1 aliphatic heterocycles. The van der Waals surface area contributed by atoms with Crippen molar-refractivity contribution in [3.05, 3.63) is 35.9 Å². The summed E-state index contributed by atoms with van der Waals surface area (Å²) < 4.78 is 5.68. The van der Waals surface area contributed by atoms with Crippen LogP contribution in [0.4, 0.5) is 4.79 Å². The standard InChI is InChI=1S/C20H32N4O4/c1-16(23(3)12-17-7-5-4-6-8-17)11-21-20(27)24-9-10-28-18(14-24)13-22(2)15-19(25)26/h4-8,16,18H,9-15H2,1-3H3,(H,21,27)(H,25,26). The fourth-order valence-electron chi connectivity index (χ4n) is 3.19. The average Bonchev–Trinajstić information content (AvgIpc) is 2.66. The third-order valence-corrected chi connectivity index (χ3v) is 4.92. The first-order valence-electron chi connectivity index (χ1n) is 9.64. The lowest BCUT2D eigenvalue weighted by atomic mass is 10.2. The van der Waals surface area contributed by atoms with Crippen LogP contribution in [-0.4, -0.2) is 97.4 Å². The summed E-state index contributed by atoms with van der Waals surface area (Å²) in [5.41, 5.74) is 1.24. The Morgan fingerprint density at radius 1 is 1.32 bits per heavy atom. The molecular formula is C20H32N4O4. The Morgan fingerprint density at radius 3 is 2.71 bits per heavy atom. The number of hydrogen-bond donors (Lipinski definition) is 2. The van der Waals surface area contributed by atoms with Gasteiger partial charge in [-0.1, -0.05) is 30.3 Å². The molecule has 2 N–H and O–H groups in total. The van der Waals surface area contributed by atoms with Crippen LogP contribution in [0.5, 0.6) is 0 Å². The molecule has 28 heavy (non-hydrogen) atoms. The zero-order valence-corrected chi connectivity index (χ0v) is 17.0. The van der Waals surface area contributed by atoms with E-state index in [1.807, 2.05) is 25.2 Å². The number of likely N-dealkylation sites (N-methyl/N-ethyl adjacent to an activating group) is 2. The van der Waals surface area contributed by atoms with Crippen molar-refractivity contribution in [3.8, 4) is 0 Å². The van der Waals surface area contributed by atoms with Crippen molar-refractivity contribution in [2.24, 2.45) is 0 Å². The Kier molecular flexibility index (Phi) is 8.69. The lowest BCUT2D eigenvalue weighted by Gasteiger charge is -2.35. The van der Waals surface area contributed by atoms with Crippen LogP contribution >= 0.6 is 0 Å². The van der Waals surface area contributed by atoms with Gasteiger partial charge in [-0.05, 0) is 26.6 Å². The summed E-state index contributed by atoms with van der Waals surface area (Å²) in [6.45, 7) is 5.37. The van der Waals surface area contributed by atoms with Crippen molar-refractivity contribution in [1.82, 2.24) is 20.0 Å². The SMILES string of the molecule is CC(CNC(=O)N1CCOC(CN(C)CC(=O)O)C1)N(C)Cc1ccccc1. The molecule has 8 nitrogen and oxygen atoms in total. The molecule has 2 atom stereocenters. The summed E-state index contributed by atoms with van der Waals surface area (Å²) in [5, 5.41) is 11.9. The molecule has 0 aromatic heterocycles. The molecule has 8 heteroatoms. The van der Waals surface area contributed by atoms with Gasteiger partial charge in [-0.3, -0.25) is 14.6 Å². The van der Waals surface area contributed by atoms with Crippen LogP contribution in [0.15, 0.2) is 30.3 Å². The van der Waals surface area contributed by atoms with Crippen molar-refractivity contribution < 1.29 is 19.4 Å². The van der Waals surface area contributed by atoms with Gasteiger partial charge in [-0.2, -0.15) is 0 Å². The van der Waals surface area contributed by atoms with E-state index >= 15 is 0 Å². The second-order valence-corrected chi connectivity index (χ2v) is 7.47. The number of urea groups is 1. The normalized spacial score (nSPS) is 18.3. The molecule has 0 aliphatic carbocycles. The molecule has 1 heterocycles. The number of carbonyl (C=O) groups is 2. The Labute approximate surface area is 167 Å². The van der Waals surface area contributed by atoms with E-state index in [4.69, 9.17) is 9.84 Å². The van der Waals surface area contributed by atoms with Gasteiger partial charge in [0.05, 0.1) is 19.3 Å². The van der Waals surface area contributed by atoms with Gasteiger partial charge in [0.25, 0.3) is 0 Å². The Bertz CT molecular complexity index is 628. The zero-order chi connectivity index (χ0) is 20.5. The summed E-state index contributed by atoms with van der Waals surface area (Å²) in [6, 6.07) is 10.3. The van der Waals surface area contributed by atoms with E-state index in [0.717, 1.165) is 6.54 Å². The van der Waals surface area contributed by atoms with Gasteiger partial charge >= 0.3 is 12.0 Å². The molecule has 1 aliphatic rings. The maximum absolute atomic E-state index is 12.5. The van der Waals surface area contributed by atoms with E-state index in [9.17, 15) is 9.59 Å². The Morgan fingerprint density at radius 2 is 2.04 bits per heavy atom. The van der Waals surface area contributed by atoms with E-state index < -0.39 is 5.97 Å². The number of amides is 2. The number of ether oxygens (including phenoxy) is 1. The highest BCUT2D eigenvalue weighted by molar-refractivity contribution is 5.74. The first-order chi connectivity index (χ1) is 13.3. The van der Waals surface area contributed by atoms with Gasteiger partial charge in [0.15, 0.2) is 0 Å². The zero-order valence-electron chi connectivity index (χ0n) is 17.0. The van der Waals surface area contributed by atoms with Crippen molar-refractivity contribution in [2.45, 2.75) is 25.6 Å². The highest BCUT2D eigenvalue weighted by Crippen LogP contribution is 2.08. The maximum Gasteiger partial charge on any atom is 0.317 e. The third-order valence-electron chi connectivity index (χ3n) is 4.92. The van der Waals surface area contributed by atoms with Gasteiger partial charge < -0.3 is 20.1 Å². The molecule has 156 valence electrons. The Balaban J connectivity index is 1.74. The minimum Gasteiger partial charge on any atom is -0.480 e. The predicted molar refractivity (Wildman–Crippen MR) is 107 cm³/mol. The number of nitrogens with one attached hydrogen (secondary N) is 1. The molecule has 0 radical (unpaired) electrons. The largest absolute Gasteiger partial charge is 0.480 e.